The van der Waals surface area contributed by atoms with Crippen LogP contribution in [0.1, 0.15) is 75.2 Å². The number of methoxy groups -OCH3 is 1. The zero-order valence-corrected chi connectivity index (χ0v) is 22.4. The summed E-state index contributed by atoms with van der Waals surface area (Å²) in [4.78, 5) is 12.7. The molecule has 5 heteroatoms. The molecule has 194 valence electrons. The third-order valence-electron chi connectivity index (χ3n) is 7.01. The number of hydrogen-bond acceptors (Lipinski definition) is 4. The number of rotatable bonds is 7. The zero-order valence-electron chi connectivity index (χ0n) is 22.4. The Morgan fingerprint density at radius 2 is 1.69 bits per heavy atom. The first-order chi connectivity index (χ1) is 17.1. The van der Waals surface area contributed by atoms with Gasteiger partial charge in [0.05, 0.1) is 18.8 Å². The summed E-state index contributed by atoms with van der Waals surface area (Å²) in [5.74, 6) is 1.32. The van der Waals surface area contributed by atoms with Crippen molar-refractivity contribution in [1.82, 2.24) is 10.6 Å². The van der Waals surface area contributed by atoms with Gasteiger partial charge in [-0.15, -0.1) is 0 Å². The fourth-order valence-electron chi connectivity index (χ4n) is 4.88. The summed E-state index contributed by atoms with van der Waals surface area (Å²) in [6, 6.07) is 18.0. The second-order valence-corrected chi connectivity index (χ2v) is 9.40. The van der Waals surface area contributed by atoms with E-state index in [1.54, 1.807) is 7.11 Å². The molecule has 0 spiro atoms. The zero-order chi connectivity index (χ0) is 25.5. The van der Waals surface area contributed by atoms with Gasteiger partial charge in [0.25, 0.3) is 5.91 Å². The molecule has 1 amide bonds. The normalized spacial score (nSPS) is 23.2. The summed E-state index contributed by atoms with van der Waals surface area (Å²) in [5, 5.41) is 6.26. The average molecular weight is 483 g/mol. The van der Waals surface area contributed by atoms with Gasteiger partial charge < -0.3 is 20.1 Å². The number of amides is 1. The predicted molar refractivity (Wildman–Crippen MR) is 145 cm³/mol. The molecule has 35 heavy (non-hydrogen) atoms. The number of nitrogens with one attached hydrogen (secondary N) is 2. The van der Waals surface area contributed by atoms with E-state index in [0.717, 1.165) is 31.9 Å². The molecule has 2 aromatic rings. The van der Waals surface area contributed by atoms with Crippen molar-refractivity contribution in [3.05, 3.63) is 65.7 Å². The summed E-state index contributed by atoms with van der Waals surface area (Å²) >= 11 is 0. The maximum atomic E-state index is 12.7. The number of benzene rings is 2. The Morgan fingerprint density at radius 3 is 2.29 bits per heavy atom. The van der Waals surface area contributed by atoms with Gasteiger partial charge in [-0.2, -0.15) is 0 Å². The molecule has 1 saturated heterocycles. The van der Waals surface area contributed by atoms with Crippen LogP contribution in [0.4, 0.5) is 0 Å². The van der Waals surface area contributed by atoms with E-state index in [9.17, 15) is 4.79 Å². The van der Waals surface area contributed by atoms with Gasteiger partial charge in [-0.25, -0.2) is 0 Å². The third kappa shape index (κ3) is 8.66. The summed E-state index contributed by atoms with van der Waals surface area (Å²) in [7, 11) is 3.56. The van der Waals surface area contributed by atoms with Crippen LogP contribution in [-0.4, -0.2) is 45.9 Å². The molecule has 2 aromatic carbocycles. The molecule has 2 aliphatic rings. The summed E-state index contributed by atoms with van der Waals surface area (Å²) < 4.78 is 10.7. The van der Waals surface area contributed by atoms with Crippen LogP contribution in [0.15, 0.2) is 54.6 Å². The van der Waals surface area contributed by atoms with Crippen LogP contribution in [0.5, 0.6) is 5.75 Å². The molecule has 5 nitrogen and oxygen atoms in total. The van der Waals surface area contributed by atoms with Crippen molar-refractivity contribution in [3.8, 4) is 5.75 Å². The minimum atomic E-state index is -0.0635. The first-order valence-electron chi connectivity index (χ1n) is 13.3. The van der Waals surface area contributed by atoms with Gasteiger partial charge in [-0.05, 0) is 69.2 Å². The fraction of sp³-hybridized carbons (Fsp3) is 0.567. The number of carbonyl (C=O) groups is 1. The molecular formula is C30H46N2O3. The second kappa shape index (κ2) is 15.6. The van der Waals surface area contributed by atoms with Crippen molar-refractivity contribution >= 4 is 5.91 Å². The Morgan fingerprint density at radius 1 is 1.03 bits per heavy atom. The highest BCUT2D eigenvalue weighted by Gasteiger charge is 2.36. The van der Waals surface area contributed by atoms with E-state index in [2.05, 4.69) is 47.9 Å². The molecule has 2 fully saturated rings. The lowest BCUT2D eigenvalue weighted by molar-refractivity contribution is 0.0930. The van der Waals surface area contributed by atoms with Gasteiger partial charge >= 0.3 is 0 Å². The number of carbonyl (C=O) groups excluding carboxylic acids is 1. The Kier molecular flexibility index (Phi) is 12.9. The van der Waals surface area contributed by atoms with Crippen LogP contribution in [-0.2, 0) is 10.2 Å². The fourth-order valence-corrected chi connectivity index (χ4v) is 4.88. The van der Waals surface area contributed by atoms with Crippen LogP contribution in [0.3, 0.4) is 0 Å². The van der Waals surface area contributed by atoms with Gasteiger partial charge in [-0.3, -0.25) is 4.79 Å². The Hall–Kier alpha value is -2.37. The van der Waals surface area contributed by atoms with Crippen molar-refractivity contribution in [2.45, 2.75) is 70.8 Å². The molecule has 2 N–H and O–H groups in total. The largest absolute Gasteiger partial charge is 0.496 e. The maximum Gasteiger partial charge on any atom is 0.255 e. The molecule has 1 aliphatic carbocycles. The molecule has 0 aromatic heterocycles. The van der Waals surface area contributed by atoms with Crippen LogP contribution in [0.2, 0.25) is 0 Å². The smallest absolute Gasteiger partial charge is 0.255 e. The number of ether oxygens (including phenoxy) is 2. The summed E-state index contributed by atoms with van der Waals surface area (Å²) in [6.07, 6.45) is 7.63. The van der Waals surface area contributed by atoms with E-state index in [4.69, 9.17) is 9.47 Å². The SMILES string of the molecule is CC.CNCC1CCCO1.COc1ccccc1C(=O)NCC1(c2ccccc2)CCC(C)CC1. The second-order valence-electron chi connectivity index (χ2n) is 9.40. The minimum absolute atomic E-state index is 0.0332. The molecule has 1 atom stereocenters. The van der Waals surface area contributed by atoms with Gasteiger partial charge in [-0.1, -0.05) is 63.2 Å². The highest BCUT2D eigenvalue weighted by molar-refractivity contribution is 5.96. The molecular weight excluding hydrogens is 436 g/mol. The van der Waals surface area contributed by atoms with E-state index in [-0.39, 0.29) is 11.3 Å². The van der Waals surface area contributed by atoms with Crippen molar-refractivity contribution in [2.75, 3.05) is 33.9 Å². The molecule has 1 saturated carbocycles. The third-order valence-corrected chi connectivity index (χ3v) is 7.01. The van der Waals surface area contributed by atoms with Gasteiger partial charge in [0, 0.05) is 25.1 Å². The molecule has 1 unspecified atom stereocenters. The standard InChI is InChI=1S/C22H27NO2.C6H13NO.C2H6/c1-17-12-14-22(15-13-17,18-8-4-3-5-9-18)16-23-21(24)19-10-6-7-11-20(19)25-2;1-7-5-6-3-2-4-8-6;1-2/h3-11,17H,12-16H2,1-2H3,(H,23,24);6-7H,2-5H2,1H3;1-2H3. The number of para-hydroxylation sites is 1. The first-order valence-corrected chi connectivity index (χ1v) is 13.3. The Balaban J connectivity index is 0.000000363. The number of hydrogen-bond donors (Lipinski definition) is 2. The molecule has 0 radical (unpaired) electrons. The lowest BCUT2D eigenvalue weighted by Crippen LogP contribution is -2.43. The summed E-state index contributed by atoms with van der Waals surface area (Å²) in [5.41, 5.74) is 1.96. The highest BCUT2D eigenvalue weighted by atomic mass is 16.5. The van der Waals surface area contributed by atoms with Crippen LogP contribution in [0.25, 0.3) is 0 Å². The van der Waals surface area contributed by atoms with E-state index in [1.165, 1.54) is 31.2 Å². The molecule has 1 aliphatic heterocycles. The van der Waals surface area contributed by atoms with Crippen molar-refractivity contribution in [1.29, 1.82) is 0 Å². The minimum Gasteiger partial charge on any atom is -0.496 e. The predicted octanol–water partition coefficient (Wildman–Crippen LogP) is 5.98. The lowest BCUT2D eigenvalue weighted by atomic mass is 9.67. The molecule has 0 bridgehead atoms. The maximum absolute atomic E-state index is 12.7. The van der Waals surface area contributed by atoms with Gasteiger partial charge in [0.1, 0.15) is 5.75 Å². The van der Waals surface area contributed by atoms with Crippen LogP contribution in [0, 0.1) is 5.92 Å². The van der Waals surface area contributed by atoms with Crippen LogP contribution >= 0.6 is 0 Å². The van der Waals surface area contributed by atoms with Crippen molar-refractivity contribution < 1.29 is 14.3 Å². The molecule has 1 heterocycles. The quantitative estimate of drug-likeness (QED) is 0.509. The Bertz CT molecular complexity index is 842. The monoisotopic (exact) mass is 482 g/mol. The lowest BCUT2D eigenvalue weighted by Gasteiger charge is -2.40. The van der Waals surface area contributed by atoms with Crippen molar-refractivity contribution in [2.24, 2.45) is 5.92 Å². The topological polar surface area (TPSA) is 59.6 Å². The highest BCUT2D eigenvalue weighted by Crippen LogP contribution is 2.41. The Labute approximate surface area is 213 Å². The average Bonchev–Trinajstić information content (AvgIpc) is 3.44. The van der Waals surface area contributed by atoms with E-state index in [0.29, 0.717) is 24.0 Å². The van der Waals surface area contributed by atoms with E-state index in [1.807, 2.05) is 45.2 Å². The number of likely N-dealkylation sites (N-methyl/N-ethyl adjacent to an activating group) is 1. The first kappa shape index (κ1) is 28.9. The van der Waals surface area contributed by atoms with E-state index >= 15 is 0 Å². The van der Waals surface area contributed by atoms with Gasteiger partial charge in [0.2, 0.25) is 0 Å². The van der Waals surface area contributed by atoms with Gasteiger partial charge in [0.15, 0.2) is 0 Å². The van der Waals surface area contributed by atoms with Crippen molar-refractivity contribution in [3.63, 3.8) is 0 Å². The molecule has 4 rings (SSSR count). The summed E-state index contributed by atoms with van der Waals surface area (Å²) in [6.45, 7) is 8.97. The van der Waals surface area contributed by atoms with Crippen LogP contribution < -0.4 is 15.4 Å². The van der Waals surface area contributed by atoms with E-state index < -0.39 is 0 Å².